The van der Waals surface area contributed by atoms with Gasteiger partial charge in [-0.15, -0.1) is 5.10 Å². The van der Waals surface area contributed by atoms with E-state index in [-0.39, 0.29) is 17.3 Å². The van der Waals surface area contributed by atoms with Gasteiger partial charge in [-0.3, -0.25) is 9.36 Å². The Hall–Kier alpha value is -1.73. The van der Waals surface area contributed by atoms with Crippen LogP contribution in [-0.4, -0.2) is 26.4 Å². The van der Waals surface area contributed by atoms with E-state index in [1.54, 1.807) is 25.2 Å². The fraction of sp³-hybridized carbons (Fsp3) is 0.250. The van der Waals surface area contributed by atoms with Gasteiger partial charge in [0.15, 0.2) is 5.16 Å². The molecule has 2 rings (SSSR count). The van der Waals surface area contributed by atoms with Gasteiger partial charge in [-0.1, -0.05) is 23.4 Å². The van der Waals surface area contributed by atoms with E-state index in [1.807, 2.05) is 6.92 Å². The molecule has 0 aliphatic heterocycles. The number of aryl methyl sites for hydroxylation is 1. The lowest BCUT2D eigenvalue weighted by Gasteiger charge is -2.08. The van der Waals surface area contributed by atoms with Gasteiger partial charge >= 0.3 is 5.69 Å². The summed E-state index contributed by atoms with van der Waals surface area (Å²) in [7, 11) is 1.59. The highest BCUT2D eigenvalue weighted by Gasteiger charge is 2.09. The topological polar surface area (TPSA) is 79.8 Å². The summed E-state index contributed by atoms with van der Waals surface area (Å²) >= 11 is 7.04. The van der Waals surface area contributed by atoms with Crippen molar-refractivity contribution in [2.24, 2.45) is 7.05 Å². The molecule has 0 saturated carbocycles. The Morgan fingerprint density at radius 3 is 2.90 bits per heavy atom. The number of aromatic amines is 1. The monoisotopic (exact) mass is 312 g/mol. The number of carbonyl (C=O) groups excluding carboxylic acids is 1. The number of hydrogen-bond acceptors (Lipinski definition) is 4. The lowest BCUT2D eigenvalue weighted by Crippen LogP contribution is -2.16. The maximum absolute atomic E-state index is 11.9. The van der Waals surface area contributed by atoms with Crippen LogP contribution >= 0.6 is 23.4 Å². The molecule has 0 spiro atoms. The number of rotatable bonds is 4. The second-order valence-corrected chi connectivity index (χ2v) is 5.55. The van der Waals surface area contributed by atoms with E-state index in [0.717, 1.165) is 11.3 Å². The first-order valence-corrected chi connectivity index (χ1v) is 7.14. The Balaban J connectivity index is 1.96. The number of benzene rings is 1. The molecule has 0 radical (unpaired) electrons. The molecule has 1 aromatic carbocycles. The predicted octanol–water partition coefficient (Wildman–Crippen LogP) is 1.80. The van der Waals surface area contributed by atoms with Gasteiger partial charge in [0.05, 0.1) is 5.75 Å². The van der Waals surface area contributed by atoms with E-state index < -0.39 is 0 Å². The summed E-state index contributed by atoms with van der Waals surface area (Å²) in [4.78, 5) is 23.0. The number of nitrogens with one attached hydrogen (secondary N) is 2. The third kappa shape index (κ3) is 3.43. The zero-order chi connectivity index (χ0) is 14.7. The van der Waals surface area contributed by atoms with Gasteiger partial charge in [-0.05, 0) is 30.7 Å². The van der Waals surface area contributed by atoms with Crippen molar-refractivity contribution in [3.05, 3.63) is 39.3 Å². The molecule has 2 N–H and O–H groups in total. The van der Waals surface area contributed by atoms with Crippen LogP contribution in [-0.2, 0) is 11.8 Å². The third-order valence-electron chi connectivity index (χ3n) is 2.63. The van der Waals surface area contributed by atoms with Gasteiger partial charge in [-0.25, -0.2) is 9.89 Å². The van der Waals surface area contributed by atoms with E-state index in [0.29, 0.717) is 10.2 Å². The standard InChI is InChI=1S/C12H13ClN4O2S/c1-7-5-8(13)3-4-9(7)14-10(18)6-20-12-16-15-11(19)17(12)2/h3-5H,6H2,1-2H3,(H,14,18)(H,15,19). The molecule has 0 aliphatic rings. The zero-order valence-electron chi connectivity index (χ0n) is 10.9. The molecule has 1 amide bonds. The number of hydrogen-bond donors (Lipinski definition) is 2. The van der Waals surface area contributed by atoms with Crippen molar-refractivity contribution in [1.29, 1.82) is 0 Å². The van der Waals surface area contributed by atoms with Gasteiger partial charge in [-0.2, -0.15) is 0 Å². The highest BCUT2D eigenvalue weighted by atomic mass is 35.5. The van der Waals surface area contributed by atoms with E-state index in [1.165, 1.54) is 16.3 Å². The van der Waals surface area contributed by atoms with Crippen LogP contribution in [0.1, 0.15) is 5.56 Å². The number of thioether (sulfide) groups is 1. The summed E-state index contributed by atoms with van der Waals surface area (Å²) in [5, 5.41) is 10.0. The summed E-state index contributed by atoms with van der Waals surface area (Å²) in [6.45, 7) is 1.87. The third-order valence-corrected chi connectivity index (χ3v) is 3.90. The molecule has 6 nitrogen and oxygen atoms in total. The minimum Gasteiger partial charge on any atom is -0.325 e. The van der Waals surface area contributed by atoms with Crippen LogP contribution in [0.2, 0.25) is 5.02 Å². The summed E-state index contributed by atoms with van der Waals surface area (Å²) in [5.41, 5.74) is 1.31. The van der Waals surface area contributed by atoms with Gasteiger partial charge in [0.1, 0.15) is 0 Å². The van der Waals surface area contributed by atoms with Crippen molar-refractivity contribution >= 4 is 35.0 Å². The minimum atomic E-state index is -0.304. The number of carbonyl (C=O) groups is 1. The number of H-pyrrole nitrogens is 1. The van der Waals surface area contributed by atoms with Crippen molar-refractivity contribution < 1.29 is 4.79 Å². The number of nitrogens with zero attached hydrogens (tertiary/aromatic N) is 2. The summed E-state index contributed by atoms with van der Waals surface area (Å²) in [6, 6.07) is 5.25. The number of aromatic nitrogens is 3. The molecule has 0 bridgehead atoms. The molecular formula is C12H13ClN4O2S. The SMILES string of the molecule is Cc1cc(Cl)ccc1NC(=O)CSc1n[nH]c(=O)n1C. The Kier molecular flexibility index (Phi) is 4.51. The molecular weight excluding hydrogens is 300 g/mol. The first-order valence-electron chi connectivity index (χ1n) is 5.77. The van der Waals surface area contributed by atoms with Crippen molar-refractivity contribution in [3.63, 3.8) is 0 Å². The first kappa shape index (κ1) is 14.7. The van der Waals surface area contributed by atoms with Crippen LogP contribution in [0, 0.1) is 6.92 Å². The van der Waals surface area contributed by atoms with Crippen molar-refractivity contribution in [1.82, 2.24) is 14.8 Å². The summed E-state index contributed by atoms with van der Waals surface area (Å²) < 4.78 is 1.35. The largest absolute Gasteiger partial charge is 0.343 e. The number of amides is 1. The van der Waals surface area contributed by atoms with Crippen LogP contribution in [0.15, 0.2) is 28.2 Å². The number of anilines is 1. The average molecular weight is 313 g/mol. The number of halogens is 1. The molecule has 1 heterocycles. The van der Waals surface area contributed by atoms with Crippen LogP contribution < -0.4 is 11.0 Å². The summed E-state index contributed by atoms with van der Waals surface area (Å²) in [5.74, 6) is -0.00362. The Bertz CT molecular complexity index is 695. The van der Waals surface area contributed by atoms with Gasteiger partial charge in [0.2, 0.25) is 5.91 Å². The molecule has 2 aromatic rings. The molecule has 0 fully saturated rings. The molecule has 8 heteroatoms. The normalized spacial score (nSPS) is 10.6. The van der Waals surface area contributed by atoms with Crippen molar-refractivity contribution in [2.45, 2.75) is 12.1 Å². The molecule has 1 aromatic heterocycles. The fourth-order valence-corrected chi connectivity index (χ4v) is 2.49. The van der Waals surface area contributed by atoms with E-state index in [9.17, 15) is 9.59 Å². The average Bonchev–Trinajstić information content (AvgIpc) is 2.71. The Morgan fingerprint density at radius 1 is 1.55 bits per heavy atom. The smallest absolute Gasteiger partial charge is 0.325 e. The summed E-state index contributed by atoms with van der Waals surface area (Å²) in [6.07, 6.45) is 0. The fourth-order valence-electron chi connectivity index (χ4n) is 1.55. The molecule has 0 unspecified atom stereocenters. The van der Waals surface area contributed by atoms with Gasteiger partial charge < -0.3 is 5.32 Å². The van der Waals surface area contributed by atoms with Crippen molar-refractivity contribution in [2.75, 3.05) is 11.1 Å². The van der Waals surface area contributed by atoms with Gasteiger partial charge in [0.25, 0.3) is 0 Å². The Morgan fingerprint density at radius 2 is 2.30 bits per heavy atom. The van der Waals surface area contributed by atoms with E-state index in [2.05, 4.69) is 15.5 Å². The molecule has 0 atom stereocenters. The van der Waals surface area contributed by atoms with Crippen molar-refractivity contribution in [3.8, 4) is 0 Å². The quantitative estimate of drug-likeness (QED) is 0.844. The maximum Gasteiger partial charge on any atom is 0.343 e. The highest BCUT2D eigenvalue weighted by Crippen LogP contribution is 2.20. The molecule has 0 aliphatic carbocycles. The van der Waals surface area contributed by atoms with E-state index in [4.69, 9.17) is 11.6 Å². The van der Waals surface area contributed by atoms with Gasteiger partial charge in [0, 0.05) is 17.8 Å². The predicted molar refractivity (Wildman–Crippen MR) is 79.4 cm³/mol. The lowest BCUT2D eigenvalue weighted by molar-refractivity contribution is -0.113. The maximum atomic E-state index is 11.9. The molecule has 0 saturated heterocycles. The van der Waals surface area contributed by atoms with Crippen LogP contribution in [0.25, 0.3) is 0 Å². The first-order chi connectivity index (χ1) is 9.47. The molecule has 20 heavy (non-hydrogen) atoms. The van der Waals surface area contributed by atoms with Crippen LogP contribution in [0.3, 0.4) is 0 Å². The second-order valence-electron chi connectivity index (χ2n) is 4.17. The van der Waals surface area contributed by atoms with Crippen LogP contribution in [0.4, 0.5) is 5.69 Å². The second kappa shape index (κ2) is 6.15. The Labute approximate surface area is 124 Å². The van der Waals surface area contributed by atoms with Crippen LogP contribution in [0.5, 0.6) is 0 Å². The molecule has 106 valence electrons. The highest BCUT2D eigenvalue weighted by molar-refractivity contribution is 7.99. The lowest BCUT2D eigenvalue weighted by atomic mass is 10.2. The minimum absolute atomic E-state index is 0.167. The van der Waals surface area contributed by atoms with E-state index >= 15 is 0 Å². The zero-order valence-corrected chi connectivity index (χ0v) is 12.5.